The molecule has 1 aliphatic rings. The van der Waals surface area contributed by atoms with Gasteiger partial charge in [0.05, 0.1) is 6.42 Å². The summed E-state index contributed by atoms with van der Waals surface area (Å²) in [4.78, 5) is 28.4. The summed E-state index contributed by atoms with van der Waals surface area (Å²) in [6, 6.07) is 15.5. The second-order valence-electron chi connectivity index (χ2n) is 6.59. The van der Waals surface area contributed by atoms with Crippen LogP contribution < -0.4 is 0 Å². The van der Waals surface area contributed by atoms with Crippen LogP contribution >= 0.6 is 0 Å². The highest BCUT2D eigenvalue weighted by Gasteiger charge is 2.27. The highest BCUT2D eigenvalue weighted by molar-refractivity contribution is 5.96. The van der Waals surface area contributed by atoms with Gasteiger partial charge in [0.2, 0.25) is 5.91 Å². The molecule has 0 spiro atoms. The van der Waals surface area contributed by atoms with Gasteiger partial charge in [-0.05, 0) is 23.8 Å². The largest absolute Gasteiger partial charge is 0.451 e. The van der Waals surface area contributed by atoms with Gasteiger partial charge in [0.25, 0.3) is 5.91 Å². The van der Waals surface area contributed by atoms with Crippen molar-refractivity contribution in [1.82, 2.24) is 9.80 Å². The highest BCUT2D eigenvalue weighted by Crippen LogP contribution is 2.20. The first-order valence-electron chi connectivity index (χ1n) is 8.91. The Morgan fingerprint density at radius 1 is 0.926 bits per heavy atom. The molecule has 2 heterocycles. The molecule has 4 rings (SSSR count). The number of hydrogen-bond acceptors (Lipinski definition) is 3. The molecular weight excluding hydrogens is 347 g/mol. The van der Waals surface area contributed by atoms with E-state index in [9.17, 15) is 14.0 Å². The third-order valence-corrected chi connectivity index (χ3v) is 4.86. The third-order valence-electron chi connectivity index (χ3n) is 4.86. The molecule has 0 radical (unpaired) electrons. The molecule has 1 aliphatic heterocycles. The van der Waals surface area contributed by atoms with Crippen LogP contribution in [0.5, 0.6) is 0 Å². The predicted molar refractivity (Wildman–Crippen MR) is 98.8 cm³/mol. The summed E-state index contributed by atoms with van der Waals surface area (Å²) in [7, 11) is 0. The van der Waals surface area contributed by atoms with E-state index in [0.717, 1.165) is 5.39 Å². The molecule has 1 saturated heterocycles. The maximum absolute atomic E-state index is 13.7. The Labute approximate surface area is 156 Å². The standard InChI is InChI=1S/C21H19FN2O3/c22-17-7-3-1-5-15(17)14-20(25)23-9-11-24(12-10-23)21(26)19-13-16-6-2-4-8-18(16)27-19/h1-8,13H,9-12,14H2. The monoisotopic (exact) mass is 366 g/mol. The fourth-order valence-electron chi connectivity index (χ4n) is 3.32. The number of nitrogens with zero attached hydrogens (tertiary/aromatic N) is 2. The first-order chi connectivity index (χ1) is 13.1. The van der Waals surface area contributed by atoms with Crippen molar-refractivity contribution in [2.75, 3.05) is 26.2 Å². The fraction of sp³-hybridized carbons (Fsp3) is 0.238. The molecule has 2 aromatic carbocycles. The summed E-state index contributed by atoms with van der Waals surface area (Å²) in [6.45, 7) is 1.72. The Morgan fingerprint density at radius 2 is 1.59 bits per heavy atom. The topological polar surface area (TPSA) is 53.8 Å². The summed E-state index contributed by atoms with van der Waals surface area (Å²) in [5, 5.41) is 0.888. The van der Waals surface area contributed by atoms with Crippen molar-refractivity contribution in [3.8, 4) is 0 Å². The van der Waals surface area contributed by atoms with Crippen LogP contribution in [0.1, 0.15) is 16.1 Å². The zero-order chi connectivity index (χ0) is 18.8. The fourth-order valence-corrected chi connectivity index (χ4v) is 3.32. The number of carbonyl (C=O) groups excluding carboxylic acids is 2. The number of furan rings is 1. The van der Waals surface area contributed by atoms with Gasteiger partial charge in [-0.25, -0.2) is 4.39 Å². The summed E-state index contributed by atoms with van der Waals surface area (Å²) < 4.78 is 19.4. The Kier molecular flexibility index (Phi) is 4.62. The molecule has 1 aromatic heterocycles. The van der Waals surface area contributed by atoms with E-state index in [1.807, 2.05) is 24.3 Å². The van der Waals surface area contributed by atoms with E-state index in [2.05, 4.69) is 0 Å². The Balaban J connectivity index is 1.37. The van der Waals surface area contributed by atoms with Crippen LogP contribution in [0.25, 0.3) is 11.0 Å². The van der Waals surface area contributed by atoms with Crippen molar-refractivity contribution >= 4 is 22.8 Å². The van der Waals surface area contributed by atoms with E-state index in [1.54, 1.807) is 34.1 Å². The molecule has 27 heavy (non-hydrogen) atoms. The third kappa shape index (κ3) is 3.56. The number of halogens is 1. The summed E-state index contributed by atoms with van der Waals surface area (Å²) in [5.41, 5.74) is 1.07. The highest BCUT2D eigenvalue weighted by atomic mass is 19.1. The van der Waals surface area contributed by atoms with Gasteiger partial charge in [-0.15, -0.1) is 0 Å². The van der Waals surface area contributed by atoms with Gasteiger partial charge in [0, 0.05) is 31.6 Å². The van der Waals surface area contributed by atoms with Crippen LogP contribution in [-0.4, -0.2) is 47.8 Å². The maximum atomic E-state index is 13.7. The Hall–Kier alpha value is -3.15. The van der Waals surface area contributed by atoms with E-state index >= 15 is 0 Å². The molecule has 6 heteroatoms. The maximum Gasteiger partial charge on any atom is 0.289 e. The van der Waals surface area contributed by atoms with Crippen LogP contribution in [0.3, 0.4) is 0 Å². The Bertz CT molecular complexity index is 957. The predicted octanol–water partition coefficient (Wildman–Crippen LogP) is 3.10. The molecule has 138 valence electrons. The SMILES string of the molecule is O=C(Cc1ccccc1F)N1CCN(C(=O)c2cc3ccccc3o2)CC1. The molecule has 1 fully saturated rings. The number of carbonyl (C=O) groups is 2. The first-order valence-corrected chi connectivity index (χ1v) is 8.91. The lowest BCUT2D eigenvalue weighted by Gasteiger charge is -2.34. The smallest absolute Gasteiger partial charge is 0.289 e. The normalized spacial score (nSPS) is 14.6. The van der Waals surface area contributed by atoms with Crippen molar-refractivity contribution in [2.45, 2.75) is 6.42 Å². The molecular formula is C21H19FN2O3. The number of para-hydroxylation sites is 1. The first kappa shape index (κ1) is 17.3. The van der Waals surface area contributed by atoms with Crippen LogP contribution in [-0.2, 0) is 11.2 Å². The lowest BCUT2D eigenvalue weighted by Crippen LogP contribution is -2.51. The average molecular weight is 366 g/mol. The number of fused-ring (bicyclic) bond motifs is 1. The van der Waals surface area contributed by atoms with Gasteiger partial charge in [0.1, 0.15) is 11.4 Å². The summed E-state index contributed by atoms with van der Waals surface area (Å²) >= 11 is 0. The van der Waals surface area contributed by atoms with Gasteiger partial charge >= 0.3 is 0 Å². The Morgan fingerprint density at radius 3 is 2.33 bits per heavy atom. The van der Waals surface area contributed by atoms with Crippen molar-refractivity contribution in [1.29, 1.82) is 0 Å². The number of amides is 2. The van der Waals surface area contributed by atoms with Gasteiger partial charge in [-0.1, -0.05) is 36.4 Å². The van der Waals surface area contributed by atoms with Crippen molar-refractivity contribution < 1.29 is 18.4 Å². The zero-order valence-corrected chi connectivity index (χ0v) is 14.7. The van der Waals surface area contributed by atoms with Crippen molar-refractivity contribution in [2.24, 2.45) is 0 Å². The van der Waals surface area contributed by atoms with Gasteiger partial charge in [-0.2, -0.15) is 0 Å². The minimum Gasteiger partial charge on any atom is -0.451 e. The molecule has 3 aromatic rings. The van der Waals surface area contributed by atoms with Crippen molar-refractivity contribution in [3.05, 3.63) is 71.7 Å². The van der Waals surface area contributed by atoms with Crippen LogP contribution in [0.2, 0.25) is 0 Å². The van der Waals surface area contributed by atoms with E-state index in [0.29, 0.717) is 43.1 Å². The van der Waals surface area contributed by atoms with Gasteiger partial charge in [0.15, 0.2) is 5.76 Å². The van der Waals surface area contributed by atoms with E-state index in [-0.39, 0.29) is 24.1 Å². The lowest BCUT2D eigenvalue weighted by molar-refractivity contribution is -0.132. The average Bonchev–Trinajstić information content (AvgIpc) is 3.13. The molecule has 0 bridgehead atoms. The van der Waals surface area contributed by atoms with E-state index in [1.165, 1.54) is 6.07 Å². The molecule has 2 amide bonds. The van der Waals surface area contributed by atoms with Gasteiger partial charge in [-0.3, -0.25) is 9.59 Å². The number of hydrogen-bond donors (Lipinski definition) is 0. The number of benzene rings is 2. The van der Waals surface area contributed by atoms with E-state index in [4.69, 9.17) is 4.42 Å². The molecule has 0 unspecified atom stereocenters. The number of piperazine rings is 1. The summed E-state index contributed by atoms with van der Waals surface area (Å²) in [5.74, 6) is -0.366. The van der Waals surface area contributed by atoms with Crippen LogP contribution in [0.15, 0.2) is 59.0 Å². The zero-order valence-electron chi connectivity index (χ0n) is 14.7. The number of rotatable bonds is 3. The molecule has 0 aliphatic carbocycles. The lowest BCUT2D eigenvalue weighted by atomic mass is 10.1. The molecule has 5 nitrogen and oxygen atoms in total. The quantitative estimate of drug-likeness (QED) is 0.716. The summed E-state index contributed by atoms with van der Waals surface area (Å²) in [6.07, 6.45) is 0.0319. The molecule has 0 saturated carbocycles. The second-order valence-corrected chi connectivity index (χ2v) is 6.59. The van der Waals surface area contributed by atoms with Crippen molar-refractivity contribution in [3.63, 3.8) is 0 Å². The molecule has 0 N–H and O–H groups in total. The van der Waals surface area contributed by atoms with Crippen LogP contribution in [0.4, 0.5) is 4.39 Å². The van der Waals surface area contributed by atoms with Gasteiger partial charge < -0.3 is 14.2 Å². The minimum atomic E-state index is -0.371. The van der Waals surface area contributed by atoms with Crippen LogP contribution in [0, 0.1) is 5.82 Å². The molecule has 0 atom stereocenters. The van der Waals surface area contributed by atoms with E-state index < -0.39 is 0 Å². The minimum absolute atomic E-state index is 0.0319. The second kappa shape index (κ2) is 7.23.